The molecule has 3 rings (SSSR count). The highest BCUT2D eigenvalue weighted by atomic mass is 35.5. The number of Topliss-reactive ketones (excluding diaryl/α,β-unsaturated/α-hetero) is 1. The first kappa shape index (κ1) is 15.9. The Morgan fingerprint density at radius 2 is 1.79 bits per heavy atom. The summed E-state index contributed by atoms with van der Waals surface area (Å²) >= 11 is 5.95. The zero-order valence-electron chi connectivity index (χ0n) is 12.8. The second-order valence-corrected chi connectivity index (χ2v) is 5.50. The lowest BCUT2D eigenvalue weighted by atomic mass is 10.1. The van der Waals surface area contributed by atoms with Gasteiger partial charge in [-0.25, -0.2) is 0 Å². The smallest absolute Gasteiger partial charge is 0.249 e. The Labute approximate surface area is 143 Å². The number of carbonyl (C=O) groups is 1. The van der Waals surface area contributed by atoms with Gasteiger partial charge in [-0.05, 0) is 37.3 Å². The van der Waals surface area contributed by atoms with Crippen LogP contribution in [0.5, 0.6) is 0 Å². The second kappa shape index (κ2) is 7.06. The van der Waals surface area contributed by atoms with Gasteiger partial charge in [-0.1, -0.05) is 29.8 Å². The summed E-state index contributed by atoms with van der Waals surface area (Å²) in [6.45, 7) is 1.53. The van der Waals surface area contributed by atoms with E-state index >= 15 is 0 Å². The Hall–Kier alpha value is -2.99. The van der Waals surface area contributed by atoms with E-state index in [4.69, 9.17) is 11.6 Å². The van der Waals surface area contributed by atoms with Crippen molar-refractivity contribution in [3.05, 3.63) is 65.3 Å². The second-order valence-electron chi connectivity index (χ2n) is 5.06. The highest BCUT2D eigenvalue weighted by molar-refractivity contribution is 6.30. The third-order valence-corrected chi connectivity index (χ3v) is 3.42. The molecule has 0 bridgehead atoms. The largest absolute Gasteiger partial charge is 0.339 e. The maximum Gasteiger partial charge on any atom is 0.249 e. The molecule has 1 aromatic heterocycles. The Balaban J connectivity index is 1.78. The number of nitrogens with zero attached hydrogens (tertiary/aromatic N) is 3. The van der Waals surface area contributed by atoms with Crippen molar-refractivity contribution in [1.29, 1.82) is 0 Å². The predicted molar refractivity (Wildman–Crippen MR) is 94.3 cm³/mol. The van der Waals surface area contributed by atoms with Gasteiger partial charge in [-0.3, -0.25) is 4.79 Å². The van der Waals surface area contributed by atoms with E-state index in [1.165, 1.54) is 13.1 Å². The van der Waals surface area contributed by atoms with Gasteiger partial charge in [0.25, 0.3) is 0 Å². The van der Waals surface area contributed by atoms with E-state index in [0.717, 1.165) is 11.4 Å². The average molecular weight is 340 g/mol. The standard InChI is InChI=1S/C17H14ClN5O/c1-11(24)12-4-2-6-14(8-12)20-16-10-19-23-17(22-16)21-15-7-3-5-13(18)9-15/h2-10H,1H3,(H2,20,21,22,23). The monoisotopic (exact) mass is 339 g/mol. The molecular weight excluding hydrogens is 326 g/mol. The maximum atomic E-state index is 11.4. The van der Waals surface area contributed by atoms with Crippen molar-refractivity contribution in [1.82, 2.24) is 15.2 Å². The maximum absolute atomic E-state index is 11.4. The van der Waals surface area contributed by atoms with Crippen LogP contribution in [0.1, 0.15) is 17.3 Å². The molecule has 0 saturated carbocycles. The first-order chi connectivity index (χ1) is 11.6. The number of rotatable bonds is 5. The van der Waals surface area contributed by atoms with Crippen molar-refractivity contribution in [3.8, 4) is 0 Å². The number of anilines is 4. The van der Waals surface area contributed by atoms with Gasteiger partial charge in [0.1, 0.15) is 0 Å². The van der Waals surface area contributed by atoms with Gasteiger partial charge in [-0.15, -0.1) is 5.10 Å². The third kappa shape index (κ3) is 4.05. The van der Waals surface area contributed by atoms with Crippen molar-refractivity contribution < 1.29 is 4.79 Å². The summed E-state index contributed by atoms with van der Waals surface area (Å²) in [6, 6.07) is 14.4. The summed E-state index contributed by atoms with van der Waals surface area (Å²) in [7, 11) is 0. The van der Waals surface area contributed by atoms with Gasteiger partial charge in [0, 0.05) is 22.0 Å². The lowest BCUT2D eigenvalue weighted by Crippen LogP contribution is -2.03. The molecular formula is C17H14ClN5O. The van der Waals surface area contributed by atoms with Crippen molar-refractivity contribution >= 4 is 40.5 Å². The third-order valence-electron chi connectivity index (χ3n) is 3.18. The molecule has 6 nitrogen and oxygen atoms in total. The summed E-state index contributed by atoms with van der Waals surface area (Å²) in [5.41, 5.74) is 2.14. The molecule has 0 saturated heterocycles. The zero-order chi connectivity index (χ0) is 16.9. The molecule has 0 aliphatic rings. The number of benzene rings is 2. The van der Waals surface area contributed by atoms with Gasteiger partial charge in [0.15, 0.2) is 11.6 Å². The first-order valence-electron chi connectivity index (χ1n) is 7.20. The first-order valence-corrected chi connectivity index (χ1v) is 7.58. The Kier molecular flexibility index (Phi) is 4.67. The van der Waals surface area contributed by atoms with Gasteiger partial charge in [0.2, 0.25) is 5.95 Å². The van der Waals surface area contributed by atoms with Crippen LogP contribution < -0.4 is 10.6 Å². The fraction of sp³-hybridized carbons (Fsp3) is 0.0588. The molecule has 1 heterocycles. The molecule has 0 aliphatic carbocycles. The quantitative estimate of drug-likeness (QED) is 0.678. The van der Waals surface area contributed by atoms with Gasteiger partial charge >= 0.3 is 0 Å². The molecule has 3 aromatic rings. The van der Waals surface area contributed by atoms with E-state index in [0.29, 0.717) is 22.4 Å². The Bertz CT molecular complexity index is 884. The number of carbonyl (C=O) groups excluding carboxylic acids is 1. The van der Waals surface area contributed by atoms with Crippen LogP contribution in [0.4, 0.5) is 23.1 Å². The molecule has 0 spiro atoms. The van der Waals surface area contributed by atoms with Gasteiger partial charge in [-0.2, -0.15) is 10.1 Å². The number of hydrogen-bond donors (Lipinski definition) is 2. The highest BCUT2D eigenvalue weighted by Gasteiger charge is 2.04. The minimum absolute atomic E-state index is 0.00257. The van der Waals surface area contributed by atoms with E-state index in [1.54, 1.807) is 30.3 Å². The molecule has 0 aliphatic heterocycles. The number of ketones is 1. The normalized spacial score (nSPS) is 10.2. The minimum atomic E-state index is 0.00257. The van der Waals surface area contributed by atoms with Crippen LogP contribution in [0.25, 0.3) is 0 Å². The van der Waals surface area contributed by atoms with Gasteiger partial charge < -0.3 is 10.6 Å². The summed E-state index contributed by atoms with van der Waals surface area (Å²) in [6.07, 6.45) is 1.50. The van der Waals surface area contributed by atoms with Crippen molar-refractivity contribution in [2.45, 2.75) is 6.92 Å². The Morgan fingerprint density at radius 3 is 2.54 bits per heavy atom. The molecule has 7 heteroatoms. The Morgan fingerprint density at radius 1 is 1.04 bits per heavy atom. The lowest BCUT2D eigenvalue weighted by Gasteiger charge is -2.08. The van der Waals surface area contributed by atoms with Crippen LogP contribution in [0.2, 0.25) is 5.02 Å². The number of hydrogen-bond acceptors (Lipinski definition) is 6. The fourth-order valence-electron chi connectivity index (χ4n) is 2.08. The van der Waals surface area contributed by atoms with Crippen molar-refractivity contribution in [3.63, 3.8) is 0 Å². The van der Waals surface area contributed by atoms with E-state index < -0.39 is 0 Å². The predicted octanol–water partition coefficient (Wildman–Crippen LogP) is 4.21. The summed E-state index contributed by atoms with van der Waals surface area (Å²) in [5, 5.41) is 14.6. The lowest BCUT2D eigenvalue weighted by molar-refractivity contribution is 0.101. The van der Waals surface area contributed by atoms with Crippen LogP contribution >= 0.6 is 11.6 Å². The average Bonchev–Trinajstić information content (AvgIpc) is 2.55. The molecule has 0 unspecified atom stereocenters. The number of nitrogens with one attached hydrogen (secondary N) is 2. The molecule has 0 fully saturated rings. The van der Waals surface area contributed by atoms with Crippen LogP contribution in [0, 0.1) is 0 Å². The number of halogens is 1. The molecule has 24 heavy (non-hydrogen) atoms. The van der Waals surface area contributed by atoms with E-state index in [2.05, 4.69) is 25.8 Å². The fourth-order valence-corrected chi connectivity index (χ4v) is 2.27. The molecule has 2 aromatic carbocycles. The van der Waals surface area contributed by atoms with Crippen LogP contribution in [-0.2, 0) is 0 Å². The van der Waals surface area contributed by atoms with E-state index in [1.807, 2.05) is 18.2 Å². The van der Waals surface area contributed by atoms with E-state index in [9.17, 15) is 4.79 Å². The van der Waals surface area contributed by atoms with Gasteiger partial charge in [0.05, 0.1) is 6.20 Å². The zero-order valence-corrected chi connectivity index (χ0v) is 13.6. The summed E-state index contributed by atoms with van der Waals surface area (Å²) in [4.78, 5) is 15.8. The van der Waals surface area contributed by atoms with Crippen LogP contribution in [0.3, 0.4) is 0 Å². The van der Waals surface area contributed by atoms with Crippen LogP contribution in [-0.4, -0.2) is 21.0 Å². The summed E-state index contributed by atoms with van der Waals surface area (Å²) in [5.74, 6) is 0.850. The summed E-state index contributed by atoms with van der Waals surface area (Å²) < 4.78 is 0. The molecule has 0 atom stereocenters. The minimum Gasteiger partial charge on any atom is -0.339 e. The topological polar surface area (TPSA) is 79.8 Å². The molecule has 120 valence electrons. The molecule has 0 radical (unpaired) electrons. The van der Waals surface area contributed by atoms with Crippen molar-refractivity contribution in [2.75, 3.05) is 10.6 Å². The number of aromatic nitrogens is 3. The SMILES string of the molecule is CC(=O)c1cccc(Nc2cnnc(Nc3cccc(Cl)c3)n2)c1. The van der Waals surface area contributed by atoms with Crippen molar-refractivity contribution in [2.24, 2.45) is 0 Å². The highest BCUT2D eigenvalue weighted by Crippen LogP contribution is 2.20. The molecule has 2 N–H and O–H groups in total. The van der Waals surface area contributed by atoms with E-state index in [-0.39, 0.29) is 5.78 Å². The van der Waals surface area contributed by atoms with Crippen LogP contribution in [0.15, 0.2) is 54.7 Å². The molecule has 0 amide bonds.